The fraction of sp³-hybridized carbons (Fsp3) is 0.280. The number of pyridine rings is 1. The van der Waals surface area contributed by atoms with Crippen molar-refractivity contribution in [1.29, 1.82) is 0 Å². The first kappa shape index (κ1) is 22.6. The van der Waals surface area contributed by atoms with Gasteiger partial charge in [0.05, 0.1) is 24.4 Å². The van der Waals surface area contributed by atoms with Gasteiger partial charge in [0.1, 0.15) is 5.75 Å². The highest BCUT2D eigenvalue weighted by atomic mass is 35.5. The standard InChI is InChI=1S/C25H25Cl2N3O2/c1-2-32-23-13-19(14-28-15-23)25(31)29-22-11-12-30(16-22)24(17-3-7-20(26)8-4-17)18-5-9-21(27)10-6-18/h3-10,13-15,22,24H,2,11-12,16H2,1H3,(H,29,31)/t22-/m1/s1. The van der Waals surface area contributed by atoms with Crippen LogP contribution < -0.4 is 10.1 Å². The van der Waals surface area contributed by atoms with Crippen molar-refractivity contribution < 1.29 is 9.53 Å². The van der Waals surface area contributed by atoms with E-state index in [4.69, 9.17) is 27.9 Å². The summed E-state index contributed by atoms with van der Waals surface area (Å²) in [6.07, 6.45) is 4.04. The van der Waals surface area contributed by atoms with E-state index in [1.807, 2.05) is 31.2 Å². The average Bonchev–Trinajstić information content (AvgIpc) is 3.25. The highest BCUT2D eigenvalue weighted by Crippen LogP contribution is 2.33. The lowest BCUT2D eigenvalue weighted by Gasteiger charge is -2.29. The molecule has 0 unspecified atom stereocenters. The van der Waals surface area contributed by atoms with Crippen LogP contribution in [-0.2, 0) is 0 Å². The van der Waals surface area contributed by atoms with Crippen LogP contribution >= 0.6 is 23.2 Å². The van der Waals surface area contributed by atoms with Crippen molar-refractivity contribution >= 4 is 29.1 Å². The summed E-state index contributed by atoms with van der Waals surface area (Å²) in [6, 6.07) is 17.7. The van der Waals surface area contributed by atoms with E-state index in [9.17, 15) is 4.79 Å². The van der Waals surface area contributed by atoms with Crippen LogP contribution in [0.15, 0.2) is 67.0 Å². The maximum Gasteiger partial charge on any atom is 0.253 e. The van der Waals surface area contributed by atoms with E-state index in [0.717, 1.165) is 30.6 Å². The lowest BCUT2D eigenvalue weighted by Crippen LogP contribution is -2.38. The molecule has 0 aliphatic carbocycles. The molecule has 1 atom stereocenters. The number of nitrogens with one attached hydrogen (secondary N) is 1. The Balaban J connectivity index is 1.50. The molecule has 1 fully saturated rings. The molecular formula is C25H25Cl2N3O2. The summed E-state index contributed by atoms with van der Waals surface area (Å²) in [5.41, 5.74) is 2.80. The van der Waals surface area contributed by atoms with Gasteiger partial charge in [0.25, 0.3) is 5.91 Å². The van der Waals surface area contributed by atoms with Gasteiger partial charge in [0.2, 0.25) is 0 Å². The highest BCUT2D eigenvalue weighted by Gasteiger charge is 2.31. The van der Waals surface area contributed by atoms with Gasteiger partial charge in [0, 0.05) is 35.4 Å². The van der Waals surface area contributed by atoms with Gasteiger partial charge in [-0.2, -0.15) is 0 Å². The molecule has 0 bridgehead atoms. The van der Waals surface area contributed by atoms with E-state index in [2.05, 4.69) is 39.5 Å². The predicted molar refractivity (Wildman–Crippen MR) is 128 cm³/mol. The zero-order chi connectivity index (χ0) is 22.5. The van der Waals surface area contributed by atoms with Crippen LogP contribution in [0.25, 0.3) is 0 Å². The van der Waals surface area contributed by atoms with Gasteiger partial charge in [-0.1, -0.05) is 47.5 Å². The van der Waals surface area contributed by atoms with Crippen molar-refractivity contribution in [2.24, 2.45) is 0 Å². The Labute approximate surface area is 198 Å². The molecule has 32 heavy (non-hydrogen) atoms. The molecule has 1 aliphatic heterocycles. The molecule has 1 saturated heterocycles. The lowest BCUT2D eigenvalue weighted by atomic mass is 9.97. The van der Waals surface area contributed by atoms with Gasteiger partial charge in [-0.3, -0.25) is 14.7 Å². The Kier molecular flexibility index (Phi) is 7.30. The molecular weight excluding hydrogens is 445 g/mol. The molecule has 7 heteroatoms. The third kappa shape index (κ3) is 5.41. The van der Waals surface area contributed by atoms with Crippen LogP contribution in [0.3, 0.4) is 0 Å². The summed E-state index contributed by atoms with van der Waals surface area (Å²) in [7, 11) is 0. The number of rotatable bonds is 7. The molecule has 166 valence electrons. The number of aromatic nitrogens is 1. The molecule has 1 amide bonds. The fourth-order valence-corrected chi connectivity index (χ4v) is 4.35. The van der Waals surface area contributed by atoms with Gasteiger partial charge in [-0.25, -0.2) is 0 Å². The largest absolute Gasteiger partial charge is 0.492 e. The molecule has 1 aliphatic rings. The van der Waals surface area contributed by atoms with Crippen molar-refractivity contribution in [1.82, 2.24) is 15.2 Å². The Bertz CT molecular complexity index is 1010. The van der Waals surface area contributed by atoms with Crippen molar-refractivity contribution in [3.63, 3.8) is 0 Å². The highest BCUT2D eigenvalue weighted by molar-refractivity contribution is 6.30. The lowest BCUT2D eigenvalue weighted by molar-refractivity contribution is 0.0936. The topological polar surface area (TPSA) is 54.5 Å². The number of carbonyl (C=O) groups is 1. The van der Waals surface area contributed by atoms with E-state index in [1.54, 1.807) is 18.5 Å². The Morgan fingerprint density at radius 2 is 1.72 bits per heavy atom. The number of likely N-dealkylation sites (tertiary alicyclic amines) is 1. The SMILES string of the molecule is CCOc1cncc(C(=O)N[C@@H]2CCN(C(c3ccc(Cl)cc3)c3ccc(Cl)cc3)C2)c1. The van der Waals surface area contributed by atoms with Crippen molar-refractivity contribution in [3.8, 4) is 5.75 Å². The van der Waals surface area contributed by atoms with Crippen molar-refractivity contribution in [2.75, 3.05) is 19.7 Å². The van der Waals surface area contributed by atoms with Crippen LogP contribution in [0.4, 0.5) is 0 Å². The number of carbonyl (C=O) groups excluding carboxylic acids is 1. The third-order valence-electron chi connectivity index (χ3n) is 5.58. The summed E-state index contributed by atoms with van der Waals surface area (Å²) in [5, 5.41) is 4.57. The molecule has 3 aromatic rings. The van der Waals surface area contributed by atoms with Gasteiger partial charge < -0.3 is 10.1 Å². The monoisotopic (exact) mass is 469 g/mol. The quantitative estimate of drug-likeness (QED) is 0.504. The van der Waals surface area contributed by atoms with Crippen LogP contribution in [-0.4, -0.2) is 41.5 Å². The minimum atomic E-state index is -0.138. The maximum atomic E-state index is 12.8. The molecule has 2 heterocycles. The molecule has 0 spiro atoms. The summed E-state index contributed by atoms with van der Waals surface area (Å²) in [6.45, 7) is 4.02. The van der Waals surface area contributed by atoms with Gasteiger partial charge >= 0.3 is 0 Å². The fourth-order valence-electron chi connectivity index (χ4n) is 4.10. The van der Waals surface area contributed by atoms with E-state index in [1.165, 1.54) is 0 Å². The zero-order valence-electron chi connectivity index (χ0n) is 17.8. The molecule has 1 N–H and O–H groups in total. The Hall–Kier alpha value is -2.60. The normalized spacial score (nSPS) is 16.3. The number of ether oxygens (including phenoxy) is 1. The number of benzene rings is 2. The Morgan fingerprint density at radius 1 is 1.09 bits per heavy atom. The average molecular weight is 470 g/mol. The minimum absolute atomic E-state index is 0.0420. The summed E-state index contributed by atoms with van der Waals surface area (Å²) in [4.78, 5) is 19.3. The zero-order valence-corrected chi connectivity index (χ0v) is 19.3. The van der Waals surface area contributed by atoms with Crippen molar-refractivity contribution in [2.45, 2.75) is 25.4 Å². The number of nitrogens with zero attached hydrogens (tertiary/aromatic N) is 2. The van der Waals surface area contributed by atoms with Crippen molar-refractivity contribution in [3.05, 3.63) is 93.7 Å². The van der Waals surface area contributed by atoms with E-state index in [0.29, 0.717) is 28.0 Å². The second kappa shape index (κ2) is 10.3. The number of hydrogen-bond donors (Lipinski definition) is 1. The number of hydrogen-bond acceptors (Lipinski definition) is 4. The molecule has 1 aromatic heterocycles. The van der Waals surface area contributed by atoms with E-state index < -0.39 is 0 Å². The Morgan fingerprint density at radius 3 is 2.31 bits per heavy atom. The molecule has 2 aromatic carbocycles. The van der Waals surface area contributed by atoms with Gasteiger partial charge in [0.15, 0.2) is 0 Å². The second-order valence-corrected chi connectivity index (χ2v) is 8.67. The maximum absolute atomic E-state index is 12.8. The first-order chi connectivity index (χ1) is 15.5. The summed E-state index contributed by atoms with van der Waals surface area (Å²) < 4.78 is 5.46. The van der Waals surface area contributed by atoms with Crippen LogP contribution in [0.5, 0.6) is 5.75 Å². The van der Waals surface area contributed by atoms with Crippen LogP contribution in [0.1, 0.15) is 40.9 Å². The van der Waals surface area contributed by atoms with Gasteiger partial charge in [-0.15, -0.1) is 0 Å². The van der Waals surface area contributed by atoms with Gasteiger partial charge in [-0.05, 0) is 54.8 Å². The minimum Gasteiger partial charge on any atom is -0.492 e. The molecule has 5 nitrogen and oxygen atoms in total. The summed E-state index contributed by atoms with van der Waals surface area (Å²) in [5.74, 6) is 0.458. The van der Waals surface area contributed by atoms with Crippen LogP contribution in [0, 0.1) is 0 Å². The number of halogens is 2. The predicted octanol–water partition coefficient (Wildman–Crippen LogP) is 5.38. The second-order valence-electron chi connectivity index (χ2n) is 7.80. The van der Waals surface area contributed by atoms with E-state index in [-0.39, 0.29) is 18.0 Å². The van der Waals surface area contributed by atoms with E-state index >= 15 is 0 Å². The summed E-state index contributed by atoms with van der Waals surface area (Å²) >= 11 is 12.2. The molecule has 0 saturated carbocycles. The third-order valence-corrected chi connectivity index (χ3v) is 6.08. The smallest absolute Gasteiger partial charge is 0.253 e. The van der Waals surface area contributed by atoms with Crippen LogP contribution in [0.2, 0.25) is 10.0 Å². The first-order valence-electron chi connectivity index (χ1n) is 10.7. The number of amides is 1. The first-order valence-corrected chi connectivity index (χ1v) is 11.4. The molecule has 0 radical (unpaired) electrons. The molecule has 4 rings (SSSR count).